The minimum Gasteiger partial charge on any atom is -0.418 e. The molecule has 0 radical (unpaired) electrons. The molecule has 1 atom stereocenters. The van der Waals surface area contributed by atoms with Crippen LogP contribution in [0.15, 0.2) is 94.1 Å². The number of nitro groups is 1. The quantitative estimate of drug-likeness (QED) is 0.214. The highest BCUT2D eigenvalue weighted by atomic mass is 16.6. The molecule has 1 unspecified atom stereocenters. The van der Waals surface area contributed by atoms with Crippen LogP contribution in [0.5, 0.6) is 0 Å². The molecule has 184 valence electrons. The summed E-state index contributed by atoms with van der Waals surface area (Å²) in [6, 6.07) is 24.0. The van der Waals surface area contributed by atoms with Crippen molar-refractivity contribution in [2.24, 2.45) is 0 Å². The van der Waals surface area contributed by atoms with Gasteiger partial charge in [0.15, 0.2) is 0 Å². The van der Waals surface area contributed by atoms with Crippen molar-refractivity contribution >= 4 is 28.3 Å². The fourth-order valence-electron chi connectivity index (χ4n) is 4.20. The van der Waals surface area contributed by atoms with Crippen LogP contribution in [-0.2, 0) is 11.3 Å². The highest BCUT2D eigenvalue weighted by molar-refractivity contribution is 5.98. The summed E-state index contributed by atoms with van der Waals surface area (Å²) in [7, 11) is 0. The molecule has 36 heavy (non-hydrogen) atoms. The smallest absolute Gasteiger partial charge is 0.417 e. The Balaban J connectivity index is 2.06. The van der Waals surface area contributed by atoms with Crippen LogP contribution >= 0.6 is 0 Å². The molecule has 0 saturated carbocycles. The van der Waals surface area contributed by atoms with Gasteiger partial charge in [0.2, 0.25) is 5.91 Å². The first-order valence-corrected chi connectivity index (χ1v) is 11.5. The van der Waals surface area contributed by atoms with Crippen LogP contribution < -0.4 is 15.8 Å². The highest BCUT2D eigenvalue weighted by Crippen LogP contribution is 2.39. The van der Waals surface area contributed by atoms with Gasteiger partial charge in [0.05, 0.1) is 4.92 Å². The molecule has 0 bridgehead atoms. The van der Waals surface area contributed by atoms with Gasteiger partial charge < -0.3 is 14.6 Å². The zero-order valence-electron chi connectivity index (χ0n) is 20.3. The van der Waals surface area contributed by atoms with E-state index in [0.29, 0.717) is 10.9 Å². The third-order valence-electron chi connectivity index (χ3n) is 5.60. The molecule has 0 aliphatic carbocycles. The van der Waals surface area contributed by atoms with Gasteiger partial charge in [0.1, 0.15) is 17.3 Å². The molecule has 0 spiro atoms. The number of carbonyl (C=O) groups is 1. The predicted octanol–water partition coefficient (Wildman–Crippen LogP) is 5.36. The van der Waals surface area contributed by atoms with E-state index in [-0.39, 0.29) is 23.7 Å². The maximum Gasteiger partial charge on any atom is 0.417 e. The SMILES string of the molecule is CC(C)(C)NC(=O)C(c1ccccc1)N(Cc1ccccc1)c1c([N+](=O)[O-])c(=O)oc2ccccc12. The second kappa shape index (κ2) is 10.0. The van der Waals surface area contributed by atoms with Crippen molar-refractivity contribution in [3.8, 4) is 0 Å². The lowest BCUT2D eigenvalue weighted by Crippen LogP contribution is -2.48. The van der Waals surface area contributed by atoms with Crippen LogP contribution in [0.2, 0.25) is 0 Å². The van der Waals surface area contributed by atoms with Crippen LogP contribution in [0.3, 0.4) is 0 Å². The fourth-order valence-corrected chi connectivity index (χ4v) is 4.20. The Bertz CT molecular complexity index is 1440. The number of benzene rings is 3. The van der Waals surface area contributed by atoms with E-state index in [4.69, 9.17) is 4.42 Å². The molecule has 4 rings (SSSR count). The maximum atomic E-state index is 13.8. The van der Waals surface area contributed by atoms with E-state index in [9.17, 15) is 19.7 Å². The van der Waals surface area contributed by atoms with Gasteiger partial charge in [-0.25, -0.2) is 4.79 Å². The standard InChI is InChI=1S/C28H27N3O5/c1-28(2,3)29-26(32)23(20-14-8-5-9-15-20)30(18-19-12-6-4-7-13-19)24-21-16-10-11-17-22(21)36-27(33)25(24)31(34)35/h4-17,23H,18H2,1-3H3,(H,29,32). The summed E-state index contributed by atoms with van der Waals surface area (Å²) in [6.45, 7) is 5.72. The van der Waals surface area contributed by atoms with Crippen LogP contribution in [0.4, 0.5) is 11.4 Å². The monoisotopic (exact) mass is 485 g/mol. The molecule has 8 nitrogen and oxygen atoms in total. The Kier molecular flexibility index (Phi) is 6.87. The molecule has 1 heterocycles. The lowest BCUT2D eigenvalue weighted by atomic mass is 9.99. The molecule has 1 N–H and O–H groups in total. The average Bonchev–Trinajstić information content (AvgIpc) is 2.83. The molecule has 3 aromatic carbocycles. The predicted molar refractivity (Wildman–Crippen MR) is 139 cm³/mol. The first kappa shape index (κ1) is 24.7. The van der Waals surface area contributed by atoms with Gasteiger partial charge in [0.25, 0.3) is 0 Å². The number of fused-ring (bicyclic) bond motifs is 1. The van der Waals surface area contributed by atoms with E-state index in [2.05, 4.69) is 5.32 Å². The normalized spacial score (nSPS) is 12.2. The van der Waals surface area contributed by atoms with E-state index in [1.54, 1.807) is 53.4 Å². The Hall–Kier alpha value is -4.46. The van der Waals surface area contributed by atoms with Crippen molar-refractivity contribution in [3.63, 3.8) is 0 Å². The van der Waals surface area contributed by atoms with Crippen molar-refractivity contribution in [3.05, 3.63) is 117 Å². The number of hydrogen-bond acceptors (Lipinski definition) is 6. The van der Waals surface area contributed by atoms with Crippen LogP contribution in [0.25, 0.3) is 11.0 Å². The molecule has 0 fully saturated rings. The highest BCUT2D eigenvalue weighted by Gasteiger charge is 2.37. The average molecular weight is 486 g/mol. The Morgan fingerprint density at radius 2 is 1.56 bits per heavy atom. The van der Waals surface area contributed by atoms with E-state index in [1.807, 2.05) is 57.2 Å². The third-order valence-corrected chi connectivity index (χ3v) is 5.60. The molecular weight excluding hydrogens is 458 g/mol. The van der Waals surface area contributed by atoms with Gasteiger partial charge in [-0.1, -0.05) is 72.8 Å². The molecule has 1 amide bonds. The number of nitrogens with one attached hydrogen (secondary N) is 1. The number of amides is 1. The molecular formula is C28H27N3O5. The lowest BCUT2D eigenvalue weighted by Gasteiger charge is -2.35. The van der Waals surface area contributed by atoms with Gasteiger partial charge in [-0.2, -0.15) is 0 Å². The first-order valence-electron chi connectivity index (χ1n) is 11.5. The van der Waals surface area contributed by atoms with Crippen LogP contribution in [-0.4, -0.2) is 16.4 Å². The van der Waals surface area contributed by atoms with Crippen molar-refractivity contribution < 1.29 is 14.1 Å². The number of para-hydroxylation sites is 1. The summed E-state index contributed by atoms with van der Waals surface area (Å²) in [4.78, 5) is 39.8. The topological polar surface area (TPSA) is 106 Å². The number of anilines is 1. The summed E-state index contributed by atoms with van der Waals surface area (Å²) in [5, 5.41) is 15.6. The molecule has 0 aliphatic heterocycles. The number of hydrogen-bond donors (Lipinski definition) is 1. The number of nitrogens with zero attached hydrogens (tertiary/aromatic N) is 2. The Labute approximate surface area is 208 Å². The van der Waals surface area contributed by atoms with Crippen molar-refractivity contribution in [2.75, 3.05) is 4.90 Å². The number of rotatable bonds is 7. The molecule has 4 aromatic rings. The first-order chi connectivity index (χ1) is 17.2. The maximum absolute atomic E-state index is 13.8. The molecule has 1 aromatic heterocycles. The van der Waals surface area contributed by atoms with Gasteiger partial charge in [-0.3, -0.25) is 14.9 Å². The van der Waals surface area contributed by atoms with Gasteiger partial charge >= 0.3 is 11.3 Å². The molecule has 0 aliphatic rings. The fraction of sp³-hybridized carbons (Fsp3) is 0.214. The second-order valence-electron chi connectivity index (χ2n) is 9.51. The lowest BCUT2D eigenvalue weighted by molar-refractivity contribution is -0.386. The van der Waals surface area contributed by atoms with Crippen LogP contribution in [0, 0.1) is 10.1 Å². The molecule has 8 heteroatoms. The minimum atomic E-state index is -1.07. The van der Waals surface area contributed by atoms with Gasteiger partial charge in [-0.05, 0) is 44.0 Å². The summed E-state index contributed by atoms with van der Waals surface area (Å²) in [5.74, 6) is -0.351. The Morgan fingerprint density at radius 1 is 0.972 bits per heavy atom. The zero-order valence-corrected chi connectivity index (χ0v) is 20.3. The van der Waals surface area contributed by atoms with Crippen molar-refractivity contribution in [1.29, 1.82) is 0 Å². The third kappa shape index (κ3) is 5.27. The summed E-state index contributed by atoms with van der Waals surface area (Å²) in [6.07, 6.45) is 0. The second-order valence-corrected chi connectivity index (χ2v) is 9.51. The van der Waals surface area contributed by atoms with E-state index in [1.165, 1.54) is 0 Å². The van der Waals surface area contributed by atoms with Crippen LogP contribution in [0.1, 0.15) is 37.9 Å². The Morgan fingerprint density at radius 3 is 2.17 bits per heavy atom. The largest absolute Gasteiger partial charge is 0.418 e. The summed E-state index contributed by atoms with van der Waals surface area (Å²) in [5.41, 5.74) is -0.677. The minimum absolute atomic E-state index is 0.0358. The van der Waals surface area contributed by atoms with Gasteiger partial charge in [-0.15, -0.1) is 0 Å². The summed E-state index contributed by atoms with van der Waals surface area (Å²) < 4.78 is 5.30. The van der Waals surface area contributed by atoms with E-state index >= 15 is 0 Å². The van der Waals surface area contributed by atoms with Gasteiger partial charge in [0, 0.05) is 17.5 Å². The van der Waals surface area contributed by atoms with Crippen molar-refractivity contribution in [1.82, 2.24) is 5.32 Å². The zero-order chi connectivity index (χ0) is 25.9. The van der Waals surface area contributed by atoms with Crippen molar-refractivity contribution in [2.45, 2.75) is 38.9 Å². The molecule has 0 saturated heterocycles. The van der Waals surface area contributed by atoms with E-state index in [0.717, 1.165) is 5.56 Å². The number of carbonyl (C=O) groups excluding carboxylic acids is 1. The van der Waals surface area contributed by atoms with E-state index < -0.39 is 27.8 Å². The summed E-state index contributed by atoms with van der Waals surface area (Å²) >= 11 is 0.